The number of fused-ring (bicyclic) bond motifs is 3. The Morgan fingerprint density at radius 1 is 0.550 bits per heavy atom. The Balaban J connectivity index is 1.99. The summed E-state index contributed by atoms with van der Waals surface area (Å²) in [4.78, 5) is 0. The lowest BCUT2D eigenvalue weighted by molar-refractivity contribution is 1.64. The fourth-order valence-electron chi connectivity index (χ4n) is 2.77. The number of hydrogen-bond donors (Lipinski definition) is 0. The van der Waals surface area contributed by atoms with Gasteiger partial charge in [-0.15, -0.1) is 0 Å². The normalized spacial score (nSPS) is 11.0. The minimum absolute atomic E-state index is 1.24. The molecule has 0 heterocycles. The third-order valence-corrected chi connectivity index (χ3v) is 3.80. The number of benzene rings is 4. The first kappa shape index (κ1) is 11.2. The second-order valence-corrected chi connectivity index (χ2v) is 5.01. The van der Waals surface area contributed by atoms with Gasteiger partial charge in [-0.2, -0.15) is 0 Å². The van der Waals surface area contributed by atoms with Crippen LogP contribution in [0.4, 0.5) is 0 Å². The molecule has 20 heavy (non-hydrogen) atoms. The van der Waals surface area contributed by atoms with Crippen LogP contribution < -0.4 is 0 Å². The van der Waals surface area contributed by atoms with Crippen LogP contribution in [0.2, 0.25) is 0 Å². The average molecular weight is 253 g/mol. The van der Waals surface area contributed by atoms with Crippen molar-refractivity contribution in [3.8, 4) is 11.1 Å². The summed E-state index contributed by atoms with van der Waals surface area (Å²) in [5.41, 5.74) is 2.49. The Morgan fingerprint density at radius 3 is 2.20 bits per heavy atom. The lowest BCUT2D eigenvalue weighted by Gasteiger charge is -2.07. The van der Waals surface area contributed by atoms with Gasteiger partial charge >= 0.3 is 0 Å². The van der Waals surface area contributed by atoms with E-state index in [0.29, 0.717) is 0 Å². The predicted molar refractivity (Wildman–Crippen MR) is 85.7 cm³/mol. The maximum atomic E-state index is 3.06. The highest BCUT2D eigenvalue weighted by Gasteiger charge is 2.02. The molecular weight excluding hydrogens is 240 g/mol. The van der Waals surface area contributed by atoms with E-state index in [2.05, 4.69) is 72.8 Å². The Labute approximate surface area is 118 Å². The average Bonchev–Trinajstić information content (AvgIpc) is 2.55. The zero-order valence-corrected chi connectivity index (χ0v) is 11.0. The van der Waals surface area contributed by atoms with Crippen molar-refractivity contribution >= 4 is 21.5 Å². The van der Waals surface area contributed by atoms with Gasteiger partial charge in [-0.05, 0) is 44.8 Å². The maximum Gasteiger partial charge on any atom is -0.0105 e. The molecule has 1 radical (unpaired) electrons. The number of hydrogen-bond acceptors (Lipinski definition) is 0. The van der Waals surface area contributed by atoms with Crippen molar-refractivity contribution in [2.45, 2.75) is 0 Å². The first-order valence-corrected chi connectivity index (χ1v) is 6.80. The van der Waals surface area contributed by atoms with Gasteiger partial charge in [-0.1, -0.05) is 72.8 Å². The Hall–Kier alpha value is -2.60. The molecule has 0 aliphatic heterocycles. The molecule has 0 aliphatic carbocycles. The standard InChI is InChI=1S/C20H13/c1-2-6-15(7-3-1)17-12-13-20-18(14-17)11-10-16-8-4-5-9-19(16)20/h2-14H. The Kier molecular flexibility index (Phi) is 2.53. The van der Waals surface area contributed by atoms with E-state index in [1.807, 2.05) is 12.1 Å². The largest absolute Gasteiger partial charge is 0.0616 e. The quantitative estimate of drug-likeness (QED) is 0.395. The molecular formula is C20H13. The van der Waals surface area contributed by atoms with E-state index in [1.54, 1.807) is 0 Å². The van der Waals surface area contributed by atoms with Crippen LogP contribution in [0, 0.1) is 6.07 Å². The van der Waals surface area contributed by atoms with Crippen LogP contribution in [0.25, 0.3) is 32.7 Å². The third-order valence-electron chi connectivity index (χ3n) is 3.80. The van der Waals surface area contributed by atoms with Crippen LogP contribution in [0.5, 0.6) is 0 Å². The molecule has 0 amide bonds. The smallest absolute Gasteiger partial charge is 0.0105 e. The van der Waals surface area contributed by atoms with E-state index in [4.69, 9.17) is 0 Å². The molecule has 0 aromatic heterocycles. The second kappa shape index (κ2) is 4.50. The van der Waals surface area contributed by atoms with Crippen LogP contribution >= 0.6 is 0 Å². The van der Waals surface area contributed by atoms with Crippen molar-refractivity contribution in [2.75, 3.05) is 0 Å². The Bertz CT molecular complexity index is 889. The molecule has 0 saturated carbocycles. The molecule has 0 atom stereocenters. The van der Waals surface area contributed by atoms with Crippen LogP contribution in [-0.2, 0) is 0 Å². The summed E-state index contributed by atoms with van der Waals surface area (Å²) in [6.45, 7) is 0. The fourth-order valence-corrected chi connectivity index (χ4v) is 2.77. The molecule has 0 N–H and O–H groups in total. The monoisotopic (exact) mass is 253 g/mol. The first-order valence-electron chi connectivity index (χ1n) is 6.80. The van der Waals surface area contributed by atoms with Gasteiger partial charge in [-0.3, -0.25) is 0 Å². The van der Waals surface area contributed by atoms with Gasteiger partial charge in [0.2, 0.25) is 0 Å². The molecule has 0 aliphatic rings. The van der Waals surface area contributed by atoms with Gasteiger partial charge in [-0.25, -0.2) is 0 Å². The molecule has 4 rings (SSSR count). The summed E-state index contributed by atoms with van der Waals surface area (Å²) in [5, 5.41) is 5.21. The summed E-state index contributed by atoms with van der Waals surface area (Å²) < 4.78 is 0. The van der Waals surface area contributed by atoms with Crippen molar-refractivity contribution in [1.29, 1.82) is 0 Å². The van der Waals surface area contributed by atoms with Crippen LogP contribution in [0.15, 0.2) is 78.9 Å². The molecule has 0 fully saturated rings. The van der Waals surface area contributed by atoms with Crippen molar-refractivity contribution in [3.05, 3.63) is 84.9 Å². The number of rotatable bonds is 1. The van der Waals surface area contributed by atoms with E-state index < -0.39 is 0 Å². The van der Waals surface area contributed by atoms with E-state index in [9.17, 15) is 0 Å². The highest BCUT2D eigenvalue weighted by atomic mass is 14.1. The Morgan fingerprint density at radius 2 is 1.30 bits per heavy atom. The van der Waals surface area contributed by atoms with Crippen molar-refractivity contribution in [2.24, 2.45) is 0 Å². The summed E-state index contributed by atoms with van der Waals surface area (Å²) in [6.07, 6.45) is 0. The first-order chi connectivity index (χ1) is 9.92. The van der Waals surface area contributed by atoms with Crippen LogP contribution in [0.1, 0.15) is 0 Å². The predicted octanol–water partition coefficient (Wildman–Crippen LogP) is 5.46. The van der Waals surface area contributed by atoms with Crippen molar-refractivity contribution in [1.82, 2.24) is 0 Å². The topological polar surface area (TPSA) is 0 Å². The molecule has 4 aromatic carbocycles. The molecule has 0 spiro atoms. The molecule has 0 bridgehead atoms. The lowest BCUT2D eigenvalue weighted by Crippen LogP contribution is -1.80. The fraction of sp³-hybridized carbons (Fsp3) is 0. The molecule has 0 nitrogen and oxygen atoms in total. The second-order valence-electron chi connectivity index (χ2n) is 5.01. The zero-order chi connectivity index (χ0) is 13.4. The van der Waals surface area contributed by atoms with Gasteiger partial charge in [0, 0.05) is 0 Å². The van der Waals surface area contributed by atoms with Crippen LogP contribution in [-0.4, -0.2) is 0 Å². The molecule has 0 saturated heterocycles. The minimum atomic E-state index is 1.24. The van der Waals surface area contributed by atoms with Crippen molar-refractivity contribution < 1.29 is 0 Å². The van der Waals surface area contributed by atoms with Crippen LogP contribution in [0.3, 0.4) is 0 Å². The summed E-state index contributed by atoms with van der Waals surface area (Å²) in [6, 6.07) is 30.8. The highest BCUT2D eigenvalue weighted by molar-refractivity contribution is 6.08. The van der Waals surface area contributed by atoms with E-state index >= 15 is 0 Å². The maximum absolute atomic E-state index is 3.06. The van der Waals surface area contributed by atoms with E-state index in [0.717, 1.165) is 0 Å². The highest BCUT2D eigenvalue weighted by Crippen LogP contribution is 2.29. The van der Waals surface area contributed by atoms with Gasteiger partial charge in [0.05, 0.1) is 0 Å². The van der Waals surface area contributed by atoms with Gasteiger partial charge in [0.1, 0.15) is 0 Å². The molecule has 0 unspecified atom stereocenters. The third kappa shape index (κ3) is 1.78. The van der Waals surface area contributed by atoms with E-state index in [1.165, 1.54) is 32.7 Å². The zero-order valence-electron chi connectivity index (χ0n) is 11.0. The van der Waals surface area contributed by atoms with Crippen molar-refractivity contribution in [3.63, 3.8) is 0 Å². The van der Waals surface area contributed by atoms with E-state index in [-0.39, 0.29) is 0 Å². The van der Waals surface area contributed by atoms with Gasteiger partial charge in [0.15, 0.2) is 0 Å². The minimum Gasteiger partial charge on any atom is -0.0616 e. The SMILES string of the molecule is [c]1ccc(-c2ccc3c(ccc4ccccc43)c2)cc1. The lowest BCUT2D eigenvalue weighted by atomic mass is 9.97. The summed E-state index contributed by atoms with van der Waals surface area (Å²) in [7, 11) is 0. The molecule has 4 aromatic rings. The van der Waals surface area contributed by atoms with Gasteiger partial charge < -0.3 is 0 Å². The summed E-state index contributed by atoms with van der Waals surface area (Å²) >= 11 is 0. The molecule has 93 valence electrons. The molecule has 0 heteroatoms. The van der Waals surface area contributed by atoms with Gasteiger partial charge in [0.25, 0.3) is 0 Å². The summed E-state index contributed by atoms with van der Waals surface area (Å²) in [5.74, 6) is 0.